The first-order chi connectivity index (χ1) is 11.7. The molecule has 1 aromatic heterocycles. The van der Waals surface area contributed by atoms with E-state index in [1.54, 1.807) is 4.90 Å². The van der Waals surface area contributed by atoms with E-state index in [1.165, 1.54) is 11.3 Å². The van der Waals surface area contributed by atoms with Crippen molar-refractivity contribution in [2.75, 3.05) is 16.8 Å². The van der Waals surface area contributed by atoms with Crippen molar-refractivity contribution in [3.8, 4) is 0 Å². The number of thiazole rings is 1. The van der Waals surface area contributed by atoms with Crippen molar-refractivity contribution < 1.29 is 9.59 Å². The summed E-state index contributed by atoms with van der Waals surface area (Å²) in [4.78, 5) is 30.5. The fraction of sp³-hybridized carbons (Fsp3) is 0.167. The molecule has 0 saturated carbocycles. The van der Waals surface area contributed by atoms with Crippen molar-refractivity contribution >= 4 is 44.7 Å². The van der Waals surface area contributed by atoms with Crippen LogP contribution in [0.25, 0.3) is 10.2 Å². The molecule has 5 nitrogen and oxygen atoms in total. The Bertz CT molecular complexity index is 931. The van der Waals surface area contributed by atoms with Crippen molar-refractivity contribution in [2.24, 2.45) is 0 Å². The van der Waals surface area contributed by atoms with Gasteiger partial charge in [0.2, 0.25) is 5.91 Å². The number of aromatic nitrogens is 1. The third kappa shape index (κ3) is 2.45. The summed E-state index contributed by atoms with van der Waals surface area (Å²) in [6.07, 6.45) is 0.383. The van der Waals surface area contributed by atoms with Gasteiger partial charge in [0.15, 0.2) is 5.01 Å². The second-order valence-corrected chi connectivity index (χ2v) is 6.63. The van der Waals surface area contributed by atoms with E-state index in [9.17, 15) is 9.59 Å². The highest BCUT2D eigenvalue weighted by Gasteiger charge is 2.26. The predicted octanol–water partition coefficient (Wildman–Crippen LogP) is 3.46. The van der Waals surface area contributed by atoms with Crippen molar-refractivity contribution in [2.45, 2.75) is 13.3 Å². The zero-order chi connectivity index (χ0) is 16.7. The minimum atomic E-state index is -0.229. The Morgan fingerprint density at radius 2 is 2.12 bits per heavy atom. The van der Waals surface area contributed by atoms with Crippen molar-refractivity contribution in [1.29, 1.82) is 0 Å². The SMILES string of the molecule is CCN1C(=O)Cc2cc(NC(=O)c3nc4ccccc4s3)ccc21. The molecule has 2 amide bonds. The lowest BCUT2D eigenvalue weighted by molar-refractivity contribution is -0.117. The Kier molecular flexibility index (Phi) is 3.54. The zero-order valence-corrected chi connectivity index (χ0v) is 13.9. The number of fused-ring (bicyclic) bond motifs is 2. The maximum absolute atomic E-state index is 12.4. The molecule has 120 valence electrons. The fourth-order valence-electron chi connectivity index (χ4n) is 2.96. The predicted molar refractivity (Wildman–Crippen MR) is 95.7 cm³/mol. The van der Waals surface area contributed by atoms with Gasteiger partial charge in [-0.3, -0.25) is 9.59 Å². The van der Waals surface area contributed by atoms with E-state index in [2.05, 4.69) is 10.3 Å². The highest BCUT2D eigenvalue weighted by Crippen LogP contribution is 2.31. The molecule has 0 aliphatic carbocycles. The van der Waals surface area contributed by atoms with Crippen molar-refractivity contribution in [3.63, 3.8) is 0 Å². The van der Waals surface area contributed by atoms with Gasteiger partial charge >= 0.3 is 0 Å². The molecule has 0 radical (unpaired) electrons. The van der Waals surface area contributed by atoms with E-state index in [0.717, 1.165) is 21.5 Å². The molecule has 3 aromatic rings. The molecule has 4 rings (SSSR count). The summed E-state index contributed by atoms with van der Waals surface area (Å²) in [5, 5.41) is 3.31. The summed E-state index contributed by atoms with van der Waals surface area (Å²) in [5.41, 5.74) is 3.39. The lowest BCUT2D eigenvalue weighted by Crippen LogP contribution is -2.25. The van der Waals surface area contributed by atoms with Gasteiger partial charge in [-0.05, 0) is 42.8 Å². The smallest absolute Gasteiger partial charge is 0.284 e. The molecule has 0 bridgehead atoms. The monoisotopic (exact) mass is 337 g/mol. The molecule has 24 heavy (non-hydrogen) atoms. The van der Waals surface area contributed by atoms with Crippen LogP contribution in [-0.4, -0.2) is 23.3 Å². The van der Waals surface area contributed by atoms with Crippen molar-refractivity contribution in [1.82, 2.24) is 4.98 Å². The van der Waals surface area contributed by atoms with E-state index in [4.69, 9.17) is 0 Å². The zero-order valence-electron chi connectivity index (χ0n) is 13.1. The highest BCUT2D eigenvalue weighted by atomic mass is 32.1. The number of amides is 2. The van der Waals surface area contributed by atoms with Crippen LogP contribution in [0.4, 0.5) is 11.4 Å². The van der Waals surface area contributed by atoms with Crippen LogP contribution in [0.1, 0.15) is 22.3 Å². The lowest BCUT2D eigenvalue weighted by Gasteiger charge is -2.14. The molecule has 6 heteroatoms. The summed E-state index contributed by atoms with van der Waals surface area (Å²) in [6, 6.07) is 13.3. The Morgan fingerprint density at radius 3 is 2.92 bits per heavy atom. The third-order valence-electron chi connectivity index (χ3n) is 4.08. The van der Waals surface area contributed by atoms with Crippen molar-refractivity contribution in [3.05, 3.63) is 53.0 Å². The molecule has 0 spiro atoms. The molecule has 2 heterocycles. The Morgan fingerprint density at radius 1 is 1.29 bits per heavy atom. The van der Waals surface area contributed by atoms with E-state index in [-0.39, 0.29) is 11.8 Å². The van der Waals surface area contributed by atoms with Gasteiger partial charge in [0.05, 0.1) is 16.6 Å². The number of hydrogen-bond acceptors (Lipinski definition) is 4. The van der Waals surface area contributed by atoms with Gasteiger partial charge in [-0.15, -0.1) is 11.3 Å². The van der Waals surface area contributed by atoms with Gasteiger partial charge in [0, 0.05) is 17.9 Å². The number of carbonyl (C=O) groups excluding carboxylic acids is 2. The topological polar surface area (TPSA) is 62.3 Å². The van der Waals surface area contributed by atoms with Crippen LogP contribution in [0.15, 0.2) is 42.5 Å². The van der Waals surface area contributed by atoms with Crippen LogP contribution in [0.3, 0.4) is 0 Å². The number of para-hydroxylation sites is 1. The molecule has 1 aliphatic rings. The number of hydrogen-bond donors (Lipinski definition) is 1. The summed E-state index contributed by atoms with van der Waals surface area (Å²) in [6.45, 7) is 2.61. The Balaban J connectivity index is 1.58. The van der Waals surface area contributed by atoms with Crippen LogP contribution < -0.4 is 10.2 Å². The molecule has 1 N–H and O–H groups in total. The van der Waals surface area contributed by atoms with Crippen LogP contribution in [-0.2, 0) is 11.2 Å². The summed E-state index contributed by atoms with van der Waals surface area (Å²) in [5.74, 6) is -0.130. The largest absolute Gasteiger partial charge is 0.320 e. The normalized spacial score (nSPS) is 13.4. The highest BCUT2D eigenvalue weighted by molar-refractivity contribution is 7.20. The van der Waals surface area contributed by atoms with E-state index < -0.39 is 0 Å². The van der Waals surface area contributed by atoms with E-state index in [0.29, 0.717) is 23.7 Å². The van der Waals surface area contributed by atoms with Crippen LogP contribution in [0.2, 0.25) is 0 Å². The van der Waals surface area contributed by atoms with Gasteiger partial charge in [0.25, 0.3) is 5.91 Å². The van der Waals surface area contributed by atoms with Gasteiger partial charge in [-0.2, -0.15) is 0 Å². The fourth-order valence-corrected chi connectivity index (χ4v) is 3.82. The second kappa shape index (κ2) is 5.72. The summed E-state index contributed by atoms with van der Waals surface area (Å²) < 4.78 is 0.987. The number of likely N-dealkylation sites (N-methyl/N-ethyl adjacent to an activating group) is 1. The first-order valence-electron chi connectivity index (χ1n) is 7.76. The molecular weight excluding hydrogens is 322 g/mol. The molecule has 2 aromatic carbocycles. The number of nitrogens with one attached hydrogen (secondary N) is 1. The van der Waals surface area contributed by atoms with Gasteiger partial charge in [-0.25, -0.2) is 4.98 Å². The molecule has 0 saturated heterocycles. The van der Waals surface area contributed by atoms with E-state index in [1.807, 2.05) is 49.4 Å². The van der Waals surface area contributed by atoms with Gasteiger partial charge in [0.1, 0.15) is 0 Å². The lowest BCUT2D eigenvalue weighted by atomic mass is 10.1. The third-order valence-corrected chi connectivity index (χ3v) is 5.11. The van der Waals surface area contributed by atoms with Crippen LogP contribution in [0.5, 0.6) is 0 Å². The first kappa shape index (κ1) is 14.8. The number of benzene rings is 2. The Hall–Kier alpha value is -2.73. The minimum Gasteiger partial charge on any atom is -0.320 e. The standard InChI is InChI=1S/C18H15N3O2S/c1-2-21-14-8-7-12(9-11(14)10-16(21)22)19-17(23)18-20-13-5-3-4-6-15(13)24-18/h3-9H,2,10H2,1H3,(H,19,23). The molecule has 0 atom stereocenters. The number of nitrogens with zero attached hydrogens (tertiary/aromatic N) is 2. The summed E-state index contributed by atoms with van der Waals surface area (Å²) in [7, 11) is 0. The first-order valence-corrected chi connectivity index (χ1v) is 8.57. The second-order valence-electron chi connectivity index (χ2n) is 5.60. The molecular formula is C18H15N3O2S. The molecule has 1 aliphatic heterocycles. The van der Waals surface area contributed by atoms with Crippen LogP contribution >= 0.6 is 11.3 Å². The molecule has 0 fully saturated rings. The van der Waals surface area contributed by atoms with Crippen LogP contribution in [0, 0.1) is 0 Å². The maximum Gasteiger partial charge on any atom is 0.284 e. The average Bonchev–Trinajstić information content (AvgIpc) is 3.14. The number of rotatable bonds is 3. The van der Waals surface area contributed by atoms with E-state index >= 15 is 0 Å². The molecule has 0 unspecified atom stereocenters. The number of carbonyl (C=O) groups is 2. The van der Waals surface area contributed by atoms with Gasteiger partial charge in [-0.1, -0.05) is 12.1 Å². The maximum atomic E-state index is 12.4. The average molecular weight is 337 g/mol. The summed E-state index contributed by atoms with van der Waals surface area (Å²) >= 11 is 1.37. The van der Waals surface area contributed by atoms with Gasteiger partial charge < -0.3 is 10.2 Å². The number of anilines is 2. The Labute approximate surface area is 142 Å². The quantitative estimate of drug-likeness (QED) is 0.796. The minimum absolute atomic E-state index is 0.0992.